The molecule has 1 aliphatic rings. The number of anilines is 3. The zero-order valence-corrected chi connectivity index (χ0v) is 39.4. The molecule has 0 heterocycles. The molecule has 322 valence electrons. The van der Waals surface area contributed by atoms with E-state index in [-0.39, 0.29) is 5.41 Å². The molecule has 0 radical (unpaired) electrons. The Morgan fingerprint density at radius 3 is 1.27 bits per heavy atom. The Balaban J connectivity index is 1.02. The minimum Gasteiger partial charge on any atom is -0.310 e. The normalized spacial score (nSPS) is 14.3. The highest BCUT2D eigenvalue weighted by Gasteiger charge is 2.46. The first-order valence-electron chi connectivity index (χ1n) is 23.5. The molecule has 2 heteroatoms. The number of hydrogen-bond donors (Lipinski definition) is 0. The van der Waals surface area contributed by atoms with Crippen molar-refractivity contribution >= 4 is 45.9 Å². The second-order valence-electron chi connectivity index (χ2n) is 18.9. The molecule has 0 fully saturated rings. The summed E-state index contributed by atoms with van der Waals surface area (Å²) < 4.78 is 0. The Bertz CT molecular complexity index is 3170. The third-order valence-corrected chi connectivity index (χ3v) is 18.9. The molecule has 0 bridgehead atoms. The lowest BCUT2D eigenvalue weighted by atomic mass is 9.67. The maximum atomic E-state index is 2.46. The van der Waals surface area contributed by atoms with Crippen LogP contribution in [0.25, 0.3) is 22.3 Å². The number of fused-ring (bicyclic) bond motifs is 3. The van der Waals surface area contributed by atoms with Crippen molar-refractivity contribution in [2.45, 2.75) is 31.6 Å². The summed E-state index contributed by atoms with van der Waals surface area (Å²) in [7, 11) is -2.62. The summed E-state index contributed by atoms with van der Waals surface area (Å²) in [5.74, 6) is 0. The van der Waals surface area contributed by atoms with Crippen LogP contribution in [-0.4, -0.2) is 8.07 Å². The largest absolute Gasteiger partial charge is 0.310 e. The van der Waals surface area contributed by atoms with Gasteiger partial charge in [0.2, 0.25) is 0 Å². The maximum Gasteiger partial charge on any atom is 0.179 e. The molecule has 1 nitrogen and oxygen atoms in total. The van der Waals surface area contributed by atoms with Gasteiger partial charge in [0.1, 0.15) is 0 Å². The van der Waals surface area contributed by atoms with Crippen molar-refractivity contribution < 1.29 is 0 Å². The molecule has 1 aliphatic carbocycles. The molecular weight excluding hydrogens is 823 g/mol. The average Bonchev–Trinajstić information content (AvgIpc) is 3.69. The zero-order valence-electron chi connectivity index (χ0n) is 38.4. The van der Waals surface area contributed by atoms with Crippen LogP contribution in [0.15, 0.2) is 267 Å². The summed E-state index contributed by atoms with van der Waals surface area (Å²) in [5.41, 5.74) is 14.3. The Labute approximate surface area is 397 Å². The van der Waals surface area contributed by atoms with Gasteiger partial charge in [-0.3, -0.25) is 0 Å². The molecule has 0 aliphatic heterocycles. The lowest BCUT2D eigenvalue weighted by molar-refractivity contribution is 0.589. The predicted octanol–water partition coefficient (Wildman–Crippen LogP) is 13.9. The third-order valence-electron chi connectivity index (χ3n) is 14.1. The van der Waals surface area contributed by atoms with E-state index in [0.717, 1.165) is 17.1 Å². The van der Waals surface area contributed by atoms with Crippen LogP contribution in [0.4, 0.5) is 17.1 Å². The van der Waals surface area contributed by atoms with Gasteiger partial charge < -0.3 is 4.90 Å². The lowest BCUT2D eigenvalue weighted by Gasteiger charge is -2.35. The van der Waals surface area contributed by atoms with E-state index >= 15 is 0 Å². The monoisotopic (exact) mass is 875 g/mol. The predicted molar refractivity (Wildman–Crippen MR) is 286 cm³/mol. The van der Waals surface area contributed by atoms with Gasteiger partial charge in [-0.1, -0.05) is 251 Å². The van der Waals surface area contributed by atoms with Crippen LogP contribution in [0.1, 0.15) is 48.6 Å². The molecule has 10 aromatic carbocycles. The summed E-state index contributed by atoms with van der Waals surface area (Å²) >= 11 is 0. The first-order chi connectivity index (χ1) is 32.9. The molecule has 0 saturated heterocycles. The second-order valence-corrected chi connectivity index (χ2v) is 22.7. The maximum absolute atomic E-state index is 2.62. The van der Waals surface area contributed by atoms with E-state index in [1.807, 2.05) is 0 Å². The van der Waals surface area contributed by atoms with E-state index < -0.39 is 13.5 Å². The molecule has 10 aromatic rings. The third kappa shape index (κ3) is 7.17. The molecule has 0 saturated carbocycles. The second kappa shape index (κ2) is 17.2. The quantitative estimate of drug-likeness (QED) is 0.0977. The fourth-order valence-electron chi connectivity index (χ4n) is 10.9. The fourth-order valence-corrected chi connectivity index (χ4v) is 15.7. The summed E-state index contributed by atoms with van der Waals surface area (Å²) in [6, 6.07) is 99.4. The summed E-state index contributed by atoms with van der Waals surface area (Å²) in [4.78, 5) is 2.41. The Hall–Kier alpha value is -7.78. The first kappa shape index (κ1) is 41.9. The van der Waals surface area contributed by atoms with Gasteiger partial charge >= 0.3 is 0 Å². The van der Waals surface area contributed by atoms with Crippen molar-refractivity contribution in [2.75, 3.05) is 4.90 Å². The fraction of sp³-hybridized carbons (Fsp3) is 0.0769. The van der Waals surface area contributed by atoms with Crippen molar-refractivity contribution in [3.8, 4) is 22.3 Å². The number of benzene rings is 10. The number of para-hydroxylation sites is 1. The average molecular weight is 876 g/mol. The summed E-state index contributed by atoms with van der Waals surface area (Å²) in [6.45, 7) is 6.87. The Morgan fingerprint density at radius 1 is 0.328 bits per heavy atom. The van der Waals surface area contributed by atoms with Gasteiger partial charge in [-0.2, -0.15) is 0 Å². The van der Waals surface area contributed by atoms with Gasteiger partial charge in [0.05, 0.1) is 5.41 Å². The van der Waals surface area contributed by atoms with Crippen LogP contribution < -0.4 is 25.6 Å². The van der Waals surface area contributed by atoms with Crippen LogP contribution >= 0.6 is 0 Å². The van der Waals surface area contributed by atoms with Gasteiger partial charge in [-0.05, 0) is 113 Å². The molecule has 0 spiro atoms. The van der Waals surface area contributed by atoms with Gasteiger partial charge in [0, 0.05) is 17.1 Å². The van der Waals surface area contributed by atoms with Crippen molar-refractivity contribution in [1.82, 2.24) is 0 Å². The zero-order chi connectivity index (χ0) is 45.4. The summed E-state index contributed by atoms with van der Waals surface area (Å²) in [5, 5.41) is 5.49. The standard InChI is InChI=1S/C65H53NSi/c1-64(2,3)50-37-39-52(40-38-50)65(51-21-9-4-10-22-51)62-32-20-19-31-60(62)61-46-43-55(47-63(61)65)66(53-23-11-5-12-24-53)54-41-33-48(34-42-54)49-35-44-59(45-36-49)67(56-25-13-6-14-26-56,57-27-15-7-16-28-57)58-29-17-8-18-30-58/h4-47H,1-3H3. The minimum atomic E-state index is -2.62. The smallest absolute Gasteiger partial charge is 0.179 e. The SMILES string of the molecule is CC(C)(C)c1ccc(C2(c3ccccc3)c3ccccc3-c3ccc(N(c4ccccc4)c4ccc(-c5ccc([Si](c6ccccc6)(c6ccccc6)c6ccccc6)cc5)cc4)cc32)cc1. The number of nitrogens with zero attached hydrogens (tertiary/aromatic N) is 1. The Morgan fingerprint density at radius 2 is 0.731 bits per heavy atom. The summed E-state index contributed by atoms with van der Waals surface area (Å²) in [6.07, 6.45) is 0. The molecule has 1 atom stereocenters. The van der Waals surface area contributed by atoms with Crippen LogP contribution in [0, 0.1) is 0 Å². The minimum absolute atomic E-state index is 0.0485. The van der Waals surface area contributed by atoms with Gasteiger partial charge in [-0.15, -0.1) is 0 Å². The van der Waals surface area contributed by atoms with Crippen molar-refractivity contribution in [1.29, 1.82) is 0 Å². The molecular formula is C65H53NSi. The molecule has 11 rings (SSSR count). The van der Waals surface area contributed by atoms with Gasteiger partial charge in [0.15, 0.2) is 8.07 Å². The van der Waals surface area contributed by atoms with E-state index in [0.29, 0.717) is 0 Å². The number of hydrogen-bond acceptors (Lipinski definition) is 1. The Kier molecular flexibility index (Phi) is 10.8. The van der Waals surface area contributed by atoms with Crippen LogP contribution in [0.2, 0.25) is 0 Å². The van der Waals surface area contributed by atoms with E-state index in [4.69, 9.17) is 0 Å². The highest BCUT2D eigenvalue weighted by atomic mass is 28.3. The van der Waals surface area contributed by atoms with Crippen LogP contribution in [-0.2, 0) is 10.8 Å². The highest BCUT2D eigenvalue weighted by molar-refractivity contribution is 7.19. The van der Waals surface area contributed by atoms with Crippen LogP contribution in [0.5, 0.6) is 0 Å². The topological polar surface area (TPSA) is 3.24 Å². The first-order valence-corrected chi connectivity index (χ1v) is 25.5. The molecule has 1 unspecified atom stereocenters. The highest BCUT2D eigenvalue weighted by Crippen LogP contribution is 2.57. The molecule has 0 amide bonds. The van der Waals surface area contributed by atoms with Gasteiger partial charge in [0.25, 0.3) is 0 Å². The van der Waals surface area contributed by atoms with Crippen LogP contribution in [0.3, 0.4) is 0 Å². The van der Waals surface area contributed by atoms with E-state index in [2.05, 4.69) is 293 Å². The molecule has 67 heavy (non-hydrogen) atoms. The molecule has 0 aromatic heterocycles. The van der Waals surface area contributed by atoms with E-state index in [1.54, 1.807) is 0 Å². The molecule has 0 N–H and O–H groups in total. The van der Waals surface area contributed by atoms with E-state index in [1.165, 1.54) is 70.8 Å². The van der Waals surface area contributed by atoms with Crippen molar-refractivity contribution in [3.05, 3.63) is 295 Å². The number of rotatable bonds is 10. The van der Waals surface area contributed by atoms with Gasteiger partial charge in [-0.25, -0.2) is 0 Å². The van der Waals surface area contributed by atoms with Crippen molar-refractivity contribution in [3.63, 3.8) is 0 Å². The van der Waals surface area contributed by atoms with Crippen molar-refractivity contribution in [2.24, 2.45) is 0 Å². The van der Waals surface area contributed by atoms with E-state index in [9.17, 15) is 0 Å². The lowest BCUT2D eigenvalue weighted by Crippen LogP contribution is -2.74.